The Morgan fingerprint density at radius 1 is 1.52 bits per heavy atom. The van der Waals surface area contributed by atoms with Gasteiger partial charge in [0.1, 0.15) is 22.9 Å². The van der Waals surface area contributed by atoms with Crippen LogP contribution in [0.1, 0.15) is 32.2 Å². The molecule has 0 unspecified atom stereocenters. The zero-order valence-corrected chi connectivity index (χ0v) is 13.0. The van der Waals surface area contributed by atoms with E-state index in [9.17, 15) is 4.79 Å². The molecule has 0 saturated heterocycles. The Bertz CT molecular complexity index is 531. The van der Waals surface area contributed by atoms with Crippen LogP contribution in [0.4, 0.5) is 4.79 Å². The summed E-state index contributed by atoms with van der Waals surface area (Å²) < 4.78 is 10.4. The van der Waals surface area contributed by atoms with E-state index in [4.69, 9.17) is 9.26 Å². The van der Waals surface area contributed by atoms with E-state index >= 15 is 0 Å². The molecule has 21 heavy (non-hydrogen) atoms. The molecule has 0 bridgehead atoms. The third-order valence-electron chi connectivity index (χ3n) is 2.82. The van der Waals surface area contributed by atoms with Crippen LogP contribution >= 0.6 is 0 Å². The summed E-state index contributed by atoms with van der Waals surface area (Å²) >= 11 is 0. The topological polar surface area (TPSA) is 80.0 Å². The summed E-state index contributed by atoms with van der Waals surface area (Å²) in [5.41, 5.74) is 0.321. The lowest BCUT2D eigenvalue weighted by atomic mass is 10.2. The molecule has 1 aliphatic rings. The van der Waals surface area contributed by atoms with Crippen molar-refractivity contribution in [3.8, 4) is 0 Å². The Morgan fingerprint density at radius 2 is 2.29 bits per heavy atom. The van der Waals surface area contributed by atoms with Gasteiger partial charge in [0.25, 0.3) is 0 Å². The van der Waals surface area contributed by atoms with Gasteiger partial charge in [-0.1, -0.05) is 5.16 Å². The molecule has 0 saturated carbocycles. The molecular formula is C14H22N4O3. The van der Waals surface area contributed by atoms with Gasteiger partial charge in [0.05, 0.1) is 19.6 Å². The van der Waals surface area contributed by atoms with Gasteiger partial charge >= 0.3 is 6.09 Å². The lowest BCUT2D eigenvalue weighted by Crippen LogP contribution is -2.47. The van der Waals surface area contributed by atoms with E-state index in [-0.39, 0.29) is 6.09 Å². The second-order valence-corrected chi connectivity index (χ2v) is 6.01. The Hall–Kier alpha value is -2.05. The van der Waals surface area contributed by atoms with Crippen molar-refractivity contribution in [2.45, 2.75) is 39.8 Å². The molecule has 7 heteroatoms. The van der Waals surface area contributed by atoms with E-state index < -0.39 is 5.60 Å². The molecule has 2 rings (SSSR count). The number of aryl methyl sites for hydroxylation is 1. The largest absolute Gasteiger partial charge is 0.444 e. The number of ether oxygens (including phenoxy) is 1. The maximum Gasteiger partial charge on any atom is 0.410 e. The highest BCUT2D eigenvalue weighted by atomic mass is 16.6. The van der Waals surface area contributed by atoms with Crippen LogP contribution in [0.25, 0.3) is 0 Å². The number of aromatic nitrogens is 1. The van der Waals surface area contributed by atoms with Crippen molar-refractivity contribution >= 4 is 11.9 Å². The number of amidine groups is 1. The Labute approximate surface area is 124 Å². The number of nitrogens with zero attached hydrogens (tertiary/aromatic N) is 3. The first kappa shape index (κ1) is 15.3. The fourth-order valence-corrected chi connectivity index (χ4v) is 1.90. The Kier molecular flexibility index (Phi) is 4.50. The van der Waals surface area contributed by atoms with E-state index in [0.29, 0.717) is 26.2 Å². The molecule has 0 fully saturated rings. The summed E-state index contributed by atoms with van der Waals surface area (Å²) in [4.78, 5) is 18.1. The molecule has 0 radical (unpaired) electrons. The van der Waals surface area contributed by atoms with Crippen LogP contribution in [0, 0.1) is 6.92 Å². The molecule has 1 aromatic rings. The van der Waals surface area contributed by atoms with Crippen molar-refractivity contribution < 1.29 is 14.1 Å². The number of hydrogen-bond acceptors (Lipinski definition) is 6. The number of rotatable bonds is 2. The first-order chi connectivity index (χ1) is 9.83. The summed E-state index contributed by atoms with van der Waals surface area (Å²) in [6.45, 7) is 9.50. The van der Waals surface area contributed by atoms with Crippen LogP contribution < -0.4 is 5.32 Å². The zero-order chi connectivity index (χ0) is 15.5. The SMILES string of the molecule is Cc1cc(CNC2=NCCN(C(=O)OC(C)(C)C)C2)no1. The molecule has 116 valence electrons. The molecule has 0 spiro atoms. The first-order valence-corrected chi connectivity index (χ1v) is 7.01. The van der Waals surface area contributed by atoms with Gasteiger partial charge in [-0.25, -0.2) is 4.79 Å². The molecule has 0 atom stereocenters. The van der Waals surface area contributed by atoms with Crippen LogP contribution in [0.3, 0.4) is 0 Å². The van der Waals surface area contributed by atoms with E-state index in [1.807, 2.05) is 33.8 Å². The van der Waals surface area contributed by atoms with Crippen molar-refractivity contribution in [3.63, 3.8) is 0 Å². The number of carbonyl (C=O) groups excluding carboxylic acids is 1. The summed E-state index contributed by atoms with van der Waals surface area (Å²) in [6, 6.07) is 1.86. The van der Waals surface area contributed by atoms with Crippen LogP contribution in [0.15, 0.2) is 15.6 Å². The van der Waals surface area contributed by atoms with Crippen molar-refractivity contribution in [2.75, 3.05) is 19.6 Å². The molecule has 0 aromatic carbocycles. The van der Waals surface area contributed by atoms with Crippen molar-refractivity contribution in [2.24, 2.45) is 4.99 Å². The van der Waals surface area contributed by atoms with Crippen LogP contribution in [-0.4, -0.2) is 47.2 Å². The van der Waals surface area contributed by atoms with Gasteiger partial charge in [0.2, 0.25) is 0 Å². The van der Waals surface area contributed by atoms with Gasteiger partial charge in [0, 0.05) is 12.6 Å². The maximum absolute atomic E-state index is 12.0. The Morgan fingerprint density at radius 3 is 2.90 bits per heavy atom. The number of hydrogen-bond donors (Lipinski definition) is 1. The number of carbonyl (C=O) groups is 1. The lowest BCUT2D eigenvalue weighted by Gasteiger charge is -2.29. The zero-order valence-electron chi connectivity index (χ0n) is 13.0. The molecule has 1 amide bonds. The highest BCUT2D eigenvalue weighted by Gasteiger charge is 2.24. The summed E-state index contributed by atoms with van der Waals surface area (Å²) in [6.07, 6.45) is -0.311. The molecule has 1 aliphatic heterocycles. The molecule has 7 nitrogen and oxygen atoms in total. The van der Waals surface area contributed by atoms with E-state index in [2.05, 4.69) is 15.5 Å². The smallest absolute Gasteiger partial charge is 0.410 e. The molecular weight excluding hydrogens is 272 g/mol. The third-order valence-corrected chi connectivity index (χ3v) is 2.82. The number of nitrogens with one attached hydrogen (secondary N) is 1. The normalized spacial score (nSPS) is 15.6. The third kappa shape index (κ3) is 4.77. The molecule has 0 aliphatic carbocycles. The van der Waals surface area contributed by atoms with Crippen LogP contribution in [-0.2, 0) is 11.3 Å². The van der Waals surface area contributed by atoms with Crippen molar-refractivity contribution in [1.82, 2.24) is 15.4 Å². The minimum Gasteiger partial charge on any atom is -0.444 e. The van der Waals surface area contributed by atoms with Gasteiger partial charge < -0.3 is 14.6 Å². The average molecular weight is 294 g/mol. The van der Waals surface area contributed by atoms with Gasteiger partial charge in [0.15, 0.2) is 0 Å². The van der Waals surface area contributed by atoms with Crippen LogP contribution in [0.5, 0.6) is 0 Å². The molecule has 2 heterocycles. The summed E-state index contributed by atoms with van der Waals surface area (Å²) in [7, 11) is 0. The second-order valence-electron chi connectivity index (χ2n) is 6.01. The predicted molar refractivity (Wildman–Crippen MR) is 78.2 cm³/mol. The molecule has 1 N–H and O–H groups in total. The Balaban J connectivity index is 1.85. The average Bonchev–Trinajstić information content (AvgIpc) is 2.81. The number of aliphatic imine (C=N–C) groups is 1. The van der Waals surface area contributed by atoms with Gasteiger partial charge in [-0.2, -0.15) is 0 Å². The minimum absolute atomic E-state index is 0.311. The van der Waals surface area contributed by atoms with Crippen molar-refractivity contribution in [1.29, 1.82) is 0 Å². The predicted octanol–water partition coefficient (Wildman–Crippen LogP) is 1.72. The highest BCUT2D eigenvalue weighted by Crippen LogP contribution is 2.11. The standard InChI is InChI=1S/C14H22N4O3/c1-10-7-11(17-21-10)8-16-12-9-18(6-5-15-12)13(19)20-14(2,3)4/h7H,5-6,8-9H2,1-4H3,(H,15,16). The fourth-order valence-electron chi connectivity index (χ4n) is 1.90. The second kappa shape index (κ2) is 6.15. The molecule has 1 aromatic heterocycles. The van der Waals surface area contributed by atoms with Gasteiger partial charge in [-0.15, -0.1) is 0 Å². The van der Waals surface area contributed by atoms with Crippen LogP contribution in [0.2, 0.25) is 0 Å². The summed E-state index contributed by atoms with van der Waals surface area (Å²) in [5.74, 6) is 1.53. The van der Waals surface area contributed by atoms with E-state index in [1.54, 1.807) is 4.90 Å². The van der Waals surface area contributed by atoms with E-state index in [1.165, 1.54) is 0 Å². The first-order valence-electron chi connectivity index (χ1n) is 7.01. The maximum atomic E-state index is 12.0. The number of amides is 1. The van der Waals surface area contributed by atoms with Crippen molar-refractivity contribution in [3.05, 3.63) is 17.5 Å². The summed E-state index contributed by atoms with van der Waals surface area (Å²) in [5, 5.41) is 7.08. The lowest BCUT2D eigenvalue weighted by molar-refractivity contribution is 0.0276. The van der Waals surface area contributed by atoms with E-state index in [0.717, 1.165) is 17.3 Å². The fraction of sp³-hybridized carbons (Fsp3) is 0.643. The highest BCUT2D eigenvalue weighted by molar-refractivity contribution is 5.87. The van der Waals surface area contributed by atoms with Gasteiger partial charge in [-0.05, 0) is 27.7 Å². The minimum atomic E-state index is -0.489. The monoisotopic (exact) mass is 294 g/mol. The van der Waals surface area contributed by atoms with Gasteiger partial charge in [-0.3, -0.25) is 9.89 Å². The quantitative estimate of drug-likeness (QED) is 0.898.